The molecule has 0 aliphatic rings. The van der Waals surface area contributed by atoms with Crippen LogP contribution in [0.5, 0.6) is 0 Å². The first-order valence-electron chi connectivity index (χ1n) is 12.2. The van der Waals surface area contributed by atoms with Gasteiger partial charge in [0.15, 0.2) is 5.78 Å². The van der Waals surface area contributed by atoms with Crippen molar-refractivity contribution in [3.05, 3.63) is 35.9 Å². The van der Waals surface area contributed by atoms with E-state index in [9.17, 15) is 9.59 Å². The molecule has 1 aromatic rings. The Kier molecular flexibility index (Phi) is 15.4. The van der Waals surface area contributed by atoms with Gasteiger partial charge in [0.25, 0.3) is 0 Å². The fourth-order valence-corrected chi connectivity index (χ4v) is 4.08. The highest BCUT2D eigenvalue weighted by molar-refractivity contribution is 5.95. The molecule has 0 amide bonds. The molecule has 1 rings (SSSR count). The van der Waals surface area contributed by atoms with Crippen LogP contribution in [0.15, 0.2) is 30.3 Å². The van der Waals surface area contributed by atoms with Gasteiger partial charge in [-0.15, -0.1) is 0 Å². The standard InChI is InChI=1S/C27H44O2/c1-24(23-25(2)28)19-15-12-10-8-6-4-3-5-7-9-11-13-18-22-27(29)26-20-16-14-17-21-26/h14,16-17,20-21,24H,3-13,15,18-19,22-23H2,1-2H3. The summed E-state index contributed by atoms with van der Waals surface area (Å²) in [6, 6.07) is 9.66. The van der Waals surface area contributed by atoms with Crippen LogP contribution in [0.4, 0.5) is 0 Å². The fraction of sp³-hybridized carbons (Fsp3) is 0.704. The molecule has 0 spiro atoms. The van der Waals surface area contributed by atoms with Gasteiger partial charge in [0.05, 0.1) is 0 Å². The molecule has 1 unspecified atom stereocenters. The summed E-state index contributed by atoms with van der Waals surface area (Å²) in [5, 5.41) is 0. The maximum Gasteiger partial charge on any atom is 0.162 e. The molecular weight excluding hydrogens is 356 g/mol. The third kappa shape index (κ3) is 15.1. The normalized spacial score (nSPS) is 12.1. The molecule has 0 N–H and O–H groups in total. The Morgan fingerprint density at radius 2 is 1.14 bits per heavy atom. The van der Waals surface area contributed by atoms with Gasteiger partial charge in [-0.1, -0.05) is 121 Å². The van der Waals surface area contributed by atoms with E-state index in [4.69, 9.17) is 0 Å². The minimum atomic E-state index is 0.288. The number of unbranched alkanes of at least 4 members (excludes halogenated alkanes) is 12. The van der Waals surface area contributed by atoms with Crippen molar-refractivity contribution in [3.63, 3.8) is 0 Å². The molecule has 29 heavy (non-hydrogen) atoms. The molecule has 1 aromatic carbocycles. The van der Waals surface area contributed by atoms with Gasteiger partial charge in [0.2, 0.25) is 0 Å². The smallest absolute Gasteiger partial charge is 0.162 e. The Labute approximate surface area is 179 Å². The van der Waals surface area contributed by atoms with Gasteiger partial charge >= 0.3 is 0 Å². The highest BCUT2D eigenvalue weighted by Crippen LogP contribution is 2.16. The number of benzene rings is 1. The monoisotopic (exact) mass is 400 g/mol. The van der Waals surface area contributed by atoms with Crippen molar-refractivity contribution in [1.82, 2.24) is 0 Å². The molecule has 164 valence electrons. The van der Waals surface area contributed by atoms with Crippen LogP contribution in [0.25, 0.3) is 0 Å². The van der Waals surface area contributed by atoms with Gasteiger partial charge in [-0.25, -0.2) is 0 Å². The lowest BCUT2D eigenvalue weighted by Gasteiger charge is -2.08. The second-order valence-corrected chi connectivity index (χ2v) is 8.94. The second kappa shape index (κ2) is 17.4. The van der Waals surface area contributed by atoms with E-state index < -0.39 is 0 Å². The Balaban J connectivity index is 1.78. The third-order valence-electron chi connectivity index (χ3n) is 5.83. The maximum atomic E-state index is 12.0. The molecule has 0 saturated heterocycles. The van der Waals surface area contributed by atoms with Crippen LogP contribution in [0, 0.1) is 5.92 Å². The van der Waals surface area contributed by atoms with Crippen LogP contribution in [-0.4, -0.2) is 11.6 Å². The number of carbonyl (C=O) groups excluding carboxylic acids is 2. The number of hydrogen-bond donors (Lipinski definition) is 0. The summed E-state index contributed by atoms with van der Waals surface area (Å²) in [5.74, 6) is 1.18. The zero-order valence-electron chi connectivity index (χ0n) is 19.1. The molecule has 2 heteroatoms. The molecule has 2 nitrogen and oxygen atoms in total. The number of hydrogen-bond acceptors (Lipinski definition) is 2. The van der Waals surface area contributed by atoms with Crippen molar-refractivity contribution in [2.45, 2.75) is 117 Å². The first kappa shape index (κ1) is 25.6. The minimum absolute atomic E-state index is 0.288. The zero-order chi connectivity index (χ0) is 21.2. The second-order valence-electron chi connectivity index (χ2n) is 8.94. The molecule has 0 aliphatic heterocycles. The van der Waals surface area contributed by atoms with E-state index >= 15 is 0 Å². The summed E-state index contributed by atoms with van der Waals surface area (Å²) in [6.07, 6.45) is 19.6. The molecule has 0 fully saturated rings. The average molecular weight is 401 g/mol. The SMILES string of the molecule is CC(=O)CC(C)CCCCCCCCCCCCCCCC(=O)c1ccccc1. The van der Waals surface area contributed by atoms with E-state index in [-0.39, 0.29) is 5.78 Å². The molecule has 1 atom stereocenters. The van der Waals surface area contributed by atoms with Crippen molar-refractivity contribution in [1.29, 1.82) is 0 Å². The van der Waals surface area contributed by atoms with Crippen LogP contribution in [0.1, 0.15) is 127 Å². The number of carbonyl (C=O) groups is 2. The van der Waals surface area contributed by atoms with Gasteiger partial charge in [-0.05, 0) is 19.3 Å². The molecule has 0 aromatic heterocycles. The van der Waals surface area contributed by atoms with E-state index in [2.05, 4.69) is 6.92 Å². The quantitative estimate of drug-likeness (QED) is 0.173. The van der Waals surface area contributed by atoms with E-state index in [0.29, 0.717) is 18.1 Å². The van der Waals surface area contributed by atoms with Gasteiger partial charge in [0, 0.05) is 18.4 Å². The lowest BCUT2D eigenvalue weighted by molar-refractivity contribution is -0.117. The molecule has 0 bridgehead atoms. The zero-order valence-corrected chi connectivity index (χ0v) is 19.1. The summed E-state index contributed by atoms with van der Waals surface area (Å²) in [4.78, 5) is 23.1. The molecular formula is C27H44O2. The largest absolute Gasteiger partial charge is 0.300 e. The van der Waals surface area contributed by atoms with E-state index in [1.807, 2.05) is 30.3 Å². The van der Waals surface area contributed by atoms with E-state index in [0.717, 1.165) is 18.4 Å². The summed E-state index contributed by atoms with van der Waals surface area (Å²) in [6.45, 7) is 3.90. The Bertz CT molecular complexity index is 535. The molecule has 0 radical (unpaired) electrons. The van der Waals surface area contributed by atoms with Crippen molar-refractivity contribution in [3.8, 4) is 0 Å². The van der Waals surface area contributed by atoms with Crippen molar-refractivity contribution < 1.29 is 9.59 Å². The summed E-state index contributed by atoms with van der Waals surface area (Å²) in [7, 11) is 0. The van der Waals surface area contributed by atoms with Crippen LogP contribution in [0.3, 0.4) is 0 Å². The lowest BCUT2D eigenvalue weighted by atomic mass is 9.97. The van der Waals surface area contributed by atoms with Crippen LogP contribution >= 0.6 is 0 Å². The molecule has 0 saturated carbocycles. The Hall–Kier alpha value is -1.44. The van der Waals surface area contributed by atoms with Crippen LogP contribution < -0.4 is 0 Å². The first-order chi connectivity index (χ1) is 14.1. The predicted molar refractivity (Wildman–Crippen MR) is 124 cm³/mol. The maximum absolute atomic E-state index is 12.0. The van der Waals surface area contributed by atoms with Crippen molar-refractivity contribution >= 4 is 11.6 Å². The average Bonchev–Trinajstić information content (AvgIpc) is 2.70. The number of Topliss-reactive ketones (excluding diaryl/α,β-unsaturated/α-hetero) is 2. The highest BCUT2D eigenvalue weighted by atomic mass is 16.1. The topological polar surface area (TPSA) is 34.1 Å². The van der Waals surface area contributed by atoms with Crippen molar-refractivity contribution in [2.24, 2.45) is 5.92 Å². The van der Waals surface area contributed by atoms with E-state index in [1.54, 1.807) is 6.92 Å². The van der Waals surface area contributed by atoms with Crippen LogP contribution in [0.2, 0.25) is 0 Å². The lowest BCUT2D eigenvalue weighted by Crippen LogP contribution is -2.01. The van der Waals surface area contributed by atoms with Crippen LogP contribution in [-0.2, 0) is 4.79 Å². The van der Waals surface area contributed by atoms with Crippen molar-refractivity contribution in [2.75, 3.05) is 0 Å². The van der Waals surface area contributed by atoms with Gasteiger partial charge in [0.1, 0.15) is 5.78 Å². The molecule has 0 heterocycles. The highest BCUT2D eigenvalue weighted by Gasteiger charge is 2.05. The molecule has 0 aliphatic carbocycles. The number of rotatable bonds is 19. The Morgan fingerprint density at radius 3 is 1.62 bits per heavy atom. The summed E-state index contributed by atoms with van der Waals surface area (Å²) in [5.41, 5.74) is 0.857. The number of ketones is 2. The van der Waals surface area contributed by atoms with Gasteiger partial charge in [-0.2, -0.15) is 0 Å². The first-order valence-corrected chi connectivity index (χ1v) is 12.2. The van der Waals surface area contributed by atoms with Gasteiger partial charge < -0.3 is 4.79 Å². The third-order valence-corrected chi connectivity index (χ3v) is 5.83. The minimum Gasteiger partial charge on any atom is -0.300 e. The Morgan fingerprint density at radius 1 is 0.690 bits per heavy atom. The van der Waals surface area contributed by atoms with Gasteiger partial charge in [-0.3, -0.25) is 4.79 Å². The van der Waals surface area contributed by atoms with E-state index in [1.165, 1.54) is 83.5 Å². The predicted octanol–water partition coefficient (Wildman–Crippen LogP) is 8.34. The summed E-state index contributed by atoms with van der Waals surface area (Å²) < 4.78 is 0. The summed E-state index contributed by atoms with van der Waals surface area (Å²) >= 11 is 0. The fourth-order valence-electron chi connectivity index (χ4n) is 4.08.